The van der Waals surface area contributed by atoms with Crippen LogP contribution >= 0.6 is 0 Å². The fourth-order valence-electron chi connectivity index (χ4n) is 3.88. The summed E-state index contributed by atoms with van der Waals surface area (Å²) in [6.45, 7) is 4.57. The third kappa shape index (κ3) is 3.36. The Balaban J connectivity index is 1.36. The predicted molar refractivity (Wildman–Crippen MR) is 116 cm³/mol. The van der Waals surface area contributed by atoms with Gasteiger partial charge in [-0.15, -0.1) is 0 Å². The second-order valence-corrected chi connectivity index (χ2v) is 7.46. The molecule has 0 saturated carbocycles. The predicted octanol–water partition coefficient (Wildman–Crippen LogP) is 4.62. The molecule has 0 unspecified atom stereocenters. The summed E-state index contributed by atoms with van der Waals surface area (Å²) in [5.41, 5.74) is 5.93. The van der Waals surface area contributed by atoms with Crippen molar-refractivity contribution in [3.8, 4) is 0 Å². The molecule has 3 aromatic carbocycles. The molecule has 0 fully saturated rings. The van der Waals surface area contributed by atoms with E-state index in [1.165, 1.54) is 5.52 Å². The molecule has 4 aromatic rings. The molecule has 2 heterocycles. The van der Waals surface area contributed by atoms with E-state index in [-0.39, 0.29) is 5.91 Å². The number of hydrogen-bond donors (Lipinski definition) is 1. The second kappa shape index (κ2) is 7.09. The number of anilines is 2. The van der Waals surface area contributed by atoms with Gasteiger partial charge in [-0.3, -0.25) is 4.79 Å². The standard InChI is InChI=1S/C24H22N4O/c1-17-9-11-18(12-10-17)24(29)25-19-5-4-6-20(15-19)27-13-14-28-22-8-3-2-7-21(22)26-23(28)16-27/h2-12,15H,13-14,16H2,1H3,(H,25,29). The van der Waals surface area contributed by atoms with Gasteiger partial charge in [0.2, 0.25) is 0 Å². The number of hydrogen-bond acceptors (Lipinski definition) is 3. The highest BCUT2D eigenvalue weighted by Gasteiger charge is 2.20. The largest absolute Gasteiger partial charge is 0.362 e. The summed E-state index contributed by atoms with van der Waals surface area (Å²) in [4.78, 5) is 19.6. The first-order chi connectivity index (χ1) is 14.2. The van der Waals surface area contributed by atoms with E-state index in [0.717, 1.165) is 47.9 Å². The molecular formula is C24H22N4O. The molecule has 5 heteroatoms. The molecule has 29 heavy (non-hydrogen) atoms. The van der Waals surface area contributed by atoms with Crippen molar-refractivity contribution in [1.82, 2.24) is 9.55 Å². The summed E-state index contributed by atoms with van der Waals surface area (Å²) in [6.07, 6.45) is 0. The smallest absolute Gasteiger partial charge is 0.255 e. The normalized spacial score (nSPS) is 13.3. The topological polar surface area (TPSA) is 50.2 Å². The fraction of sp³-hybridized carbons (Fsp3) is 0.167. The van der Waals surface area contributed by atoms with Crippen LogP contribution in [0.3, 0.4) is 0 Å². The highest BCUT2D eigenvalue weighted by Crippen LogP contribution is 2.26. The van der Waals surface area contributed by atoms with Crippen LogP contribution in [-0.2, 0) is 13.1 Å². The van der Waals surface area contributed by atoms with E-state index >= 15 is 0 Å². The molecule has 0 aliphatic carbocycles. The number of carbonyl (C=O) groups is 1. The first kappa shape index (κ1) is 17.5. The third-order valence-corrected chi connectivity index (χ3v) is 5.44. The summed E-state index contributed by atoms with van der Waals surface area (Å²) in [7, 11) is 0. The molecule has 0 saturated heterocycles. The minimum absolute atomic E-state index is 0.0948. The number of para-hydroxylation sites is 2. The van der Waals surface area contributed by atoms with Crippen LogP contribution < -0.4 is 10.2 Å². The van der Waals surface area contributed by atoms with Crippen molar-refractivity contribution in [2.75, 3.05) is 16.8 Å². The van der Waals surface area contributed by atoms with E-state index in [4.69, 9.17) is 4.98 Å². The molecule has 0 radical (unpaired) electrons. The third-order valence-electron chi connectivity index (χ3n) is 5.44. The Bertz CT molecular complexity index is 1190. The van der Waals surface area contributed by atoms with Gasteiger partial charge in [-0.1, -0.05) is 35.9 Å². The first-order valence-electron chi connectivity index (χ1n) is 9.84. The van der Waals surface area contributed by atoms with Crippen LogP contribution in [0.4, 0.5) is 11.4 Å². The Morgan fingerprint density at radius 3 is 2.66 bits per heavy atom. The molecule has 0 spiro atoms. The number of amides is 1. The van der Waals surface area contributed by atoms with E-state index in [1.54, 1.807) is 0 Å². The number of fused-ring (bicyclic) bond motifs is 3. The van der Waals surface area contributed by atoms with E-state index in [0.29, 0.717) is 5.56 Å². The van der Waals surface area contributed by atoms with Crippen LogP contribution in [0.15, 0.2) is 72.8 Å². The molecule has 1 aliphatic rings. The van der Waals surface area contributed by atoms with Gasteiger partial charge in [-0.05, 0) is 49.4 Å². The zero-order chi connectivity index (χ0) is 19.8. The SMILES string of the molecule is Cc1ccc(C(=O)Nc2cccc(N3CCn4c(nc5ccccc54)C3)c2)cc1. The number of carbonyl (C=O) groups excluding carboxylic acids is 1. The quantitative estimate of drug-likeness (QED) is 0.563. The lowest BCUT2D eigenvalue weighted by Gasteiger charge is -2.30. The van der Waals surface area contributed by atoms with Gasteiger partial charge in [0.25, 0.3) is 5.91 Å². The van der Waals surface area contributed by atoms with Crippen molar-refractivity contribution in [3.63, 3.8) is 0 Å². The maximum absolute atomic E-state index is 12.5. The van der Waals surface area contributed by atoms with Crippen molar-refractivity contribution < 1.29 is 4.79 Å². The number of aromatic nitrogens is 2. The van der Waals surface area contributed by atoms with Gasteiger partial charge in [-0.2, -0.15) is 0 Å². The molecule has 0 bridgehead atoms. The Morgan fingerprint density at radius 2 is 1.79 bits per heavy atom. The van der Waals surface area contributed by atoms with Crippen molar-refractivity contribution in [1.29, 1.82) is 0 Å². The maximum atomic E-state index is 12.5. The number of nitrogens with zero attached hydrogens (tertiary/aromatic N) is 3. The molecule has 5 rings (SSSR count). The van der Waals surface area contributed by atoms with Gasteiger partial charge in [0.05, 0.1) is 17.6 Å². The van der Waals surface area contributed by atoms with Gasteiger partial charge in [0.1, 0.15) is 5.82 Å². The summed E-state index contributed by atoms with van der Waals surface area (Å²) in [6, 6.07) is 23.9. The summed E-state index contributed by atoms with van der Waals surface area (Å²) >= 11 is 0. The van der Waals surface area contributed by atoms with Gasteiger partial charge < -0.3 is 14.8 Å². The van der Waals surface area contributed by atoms with Crippen molar-refractivity contribution in [2.45, 2.75) is 20.0 Å². The highest BCUT2D eigenvalue weighted by atomic mass is 16.1. The lowest BCUT2D eigenvalue weighted by molar-refractivity contribution is 0.102. The molecular weight excluding hydrogens is 360 g/mol. The monoisotopic (exact) mass is 382 g/mol. The molecule has 1 amide bonds. The van der Waals surface area contributed by atoms with E-state index in [1.807, 2.05) is 55.5 Å². The average Bonchev–Trinajstić information content (AvgIpc) is 3.12. The highest BCUT2D eigenvalue weighted by molar-refractivity contribution is 6.04. The molecule has 1 N–H and O–H groups in total. The Morgan fingerprint density at radius 1 is 0.966 bits per heavy atom. The minimum atomic E-state index is -0.0948. The van der Waals surface area contributed by atoms with Gasteiger partial charge in [0.15, 0.2) is 0 Å². The Labute approximate surface area is 169 Å². The summed E-state index contributed by atoms with van der Waals surface area (Å²) in [5.74, 6) is 0.981. The number of nitrogens with one attached hydrogen (secondary N) is 1. The summed E-state index contributed by atoms with van der Waals surface area (Å²) in [5, 5.41) is 3.01. The molecule has 1 aromatic heterocycles. The molecule has 144 valence electrons. The van der Waals surface area contributed by atoms with Crippen molar-refractivity contribution >= 4 is 28.3 Å². The lowest BCUT2D eigenvalue weighted by atomic mass is 10.1. The van der Waals surface area contributed by atoms with Gasteiger partial charge >= 0.3 is 0 Å². The Kier molecular flexibility index (Phi) is 4.28. The van der Waals surface area contributed by atoms with E-state index < -0.39 is 0 Å². The van der Waals surface area contributed by atoms with E-state index in [9.17, 15) is 4.79 Å². The molecule has 1 aliphatic heterocycles. The van der Waals surface area contributed by atoms with Gasteiger partial charge in [0, 0.05) is 30.0 Å². The second-order valence-electron chi connectivity index (χ2n) is 7.46. The minimum Gasteiger partial charge on any atom is -0.362 e. The van der Waals surface area contributed by atoms with Gasteiger partial charge in [-0.25, -0.2) is 4.98 Å². The van der Waals surface area contributed by atoms with Crippen LogP contribution in [0.25, 0.3) is 11.0 Å². The first-order valence-corrected chi connectivity index (χ1v) is 9.84. The zero-order valence-electron chi connectivity index (χ0n) is 16.3. The van der Waals surface area contributed by atoms with Crippen molar-refractivity contribution in [2.24, 2.45) is 0 Å². The number of aryl methyl sites for hydroxylation is 1. The van der Waals surface area contributed by atoms with Crippen LogP contribution in [0.1, 0.15) is 21.7 Å². The maximum Gasteiger partial charge on any atom is 0.255 e. The zero-order valence-corrected chi connectivity index (χ0v) is 16.3. The van der Waals surface area contributed by atoms with Crippen LogP contribution in [-0.4, -0.2) is 22.0 Å². The number of benzene rings is 3. The number of rotatable bonds is 3. The molecule has 5 nitrogen and oxygen atoms in total. The number of imidazole rings is 1. The summed E-state index contributed by atoms with van der Waals surface area (Å²) < 4.78 is 2.30. The average molecular weight is 382 g/mol. The lowest BCUT2D eigenvalue weighted by Crippen LogP contribution is -2.33. The van der Waals surface area contributed by atoms with E-state index in [2.05, 4.69) is 39.0 Å². The van der Waals surface area contributed by atoms with Crippen molar-refractivity contribution in [3.05, 3.63) is 89.7 Å². The molecule has 0 atom stereocenters. The Hall–Kier alpha value is -3.60. The van der Waals surface area contributed by atoms with Crippen LogP contribution in [0, 0.1) is 6.92 Å². The van der Waals surface area contributed by atoms with Crippen LogP contribution in [0.5, 0.6) is 0 Å². The fourth-order valence-corrected chi connectivity index (χ4v) is 3.88. The van der Waals surface area contributed by atoms with Crippen LogP contribution in [0.2, 0.25) is 0 Å².